The number of H-pyrrole nitrogens is 1. The first kappa shape index (κ1) is 20.6. The molecule has 0 radical (unpaired) electrons. The smallest absolute Gasteiger partial charge is 0.141 e. The average molecular weight is 445 g/mol. The molecular formula is C31H28N2O. The van der Waals surface area contributed by atoms with Gasteiger partial charge in [-0.25, -0.2) is 0 Å². The zero-order valence-corrected chi connectivity index (χ0v) is 19.7. The Kier molecular flexibility index (Phi) is 4.91. The second kappa shape index (κ2) is 8.11. The lowest BCUT2D eigenvalue weighted by Crippen LogP contribution is -2.19. The zero-order chi connectivity index (χ0) is 23.2. The third kappa shape index (κ3) is 3.36. The van der Waals surface area contributed by atoms with Crippen LogP contribution in [0, 0.1) is 6.92 Å². The molecular weight excluding hydrogens is 416 g/mol. The fourth-order valence-corrected chi connectivity index (χ4v) is 5.22. The third-order valence-electron chi connectivity index (χ3n) is 6.99. The van der Waals surface area contributed by atoms with E-state index in [2.05, 4.69) is 116 Å². The first-order valence-electron chi connectivity index (χ1n) is 11.9. The van der Waals surface area contributed by atoms with Crippen molar-refractivity contribution in [2.24, 2.45) is 0 Å². The van der Waals surface area contributed by atoms with Crippen molar-refractivity contribution in [2.75, 3.05) is 0 Å². The number of furan rings is 1. The van der Waals surface area contributed by atoms with Gasteiger partial charge in [-0.3, -0.25) is 0 Å². The van der Waals surface area contributed by atoms with Gasteiger partial charge in [0.2, 0.25) is 0 Å². The molecule has 0 saturated carbocycles. The summed E-state index contributed by atoms with van der Waals surface area (Å²) in [6, 6.07) is 25.9. The lowest BCUT2D eigenvalue weighted by atomic mass is 9.83. The van der Waals surface area contributed by atoms with E-state index in [-0.39, 0.29) is 12.0 Å². The number of dihydropyridines is 1. The Labute approximate surface area is 199 Å². The van der Waals surface area contributed by atoms with E-state index in [0.29, 0.717) is 0 Å². The normalized spacial score (nSPS) is 16.6. The highest BCUT2D eigenvalue weighted by Gasteiger charge is 2.25. The Balaban J connectivity index is 1.57. The fraction of sp³-hybridized carbons (Fsp3) is 0.161. The average Bonchev–Trinajstić information content (AvgIpc) is 3.47. The number of para-hydroxylation sites is 1. The van der Waals surface area contributed by atoms with Crippen LogP contribution < -0.4 is 5.32 Å². The number of hydrogen-bond acceptors (Lipinski definition) is 2. The molecule has 0 amide bonds. The van der Waals surface area contributed by atoms with Crippen LogP contribution in [0.4, 0.5) is 0 Å². The maximum absolute atomic E-state index is 6.51. The van der Waals surface area contributed by atoms with Crippen LogP contribution in [0.15, 0.2) is 101 Å². The second-order valence-corrected chi connectivity index (χ2v) is 9.30. The van der Waals surface area contributed by atoms with Crippen molar-refractivity contribution >= 4 is 21.9 Å². The van der Waals surface area contributed by atoms with Crippen LogP contribution in [0.2, 0.25) is 0 Å². The Morgan fingerprint density at radius 2 is 1.65 bits per heavy atom. The van der Waals surface area contributed by atoms with Crippen molar-refractivity contribution in [3.05, 3.63) is 119 Å². The molecule has 168 valence electrons. The molecule has 3 aromatic carbocycles. The summed E-state index contributed by atoms with van der Waals surface area (Å²) in [5, 5.41) is 5.93. The summed E-state index contributed by atoms with van der Waals surface area (Å²) >= 11 is 0. The number of rotatable bonds is 4. The summed E-state index contributed by atoms with van der Waals surface area (Å²) in [6.07, 6.45) is 6.52. The summed E-state index contributed by atoms with van der Waals surface area (Å²) in [5.41, 5.74) is 10.5. The molecule has 3 nitrogen and oxygen atoms in total. The van der Waals surface area contributed by atoms with Crippen molar-refractivity contribution in [3.8, 4) is 11.3 Å². The number of allylic oxidation sites excluding steroid dienone is 2. The molecule has 3 heteroatoms. The predicted molar refractivity (Wildman–Crippen MR) is 141 cm³/mol. The first-order chi connectivity index (χ1) is 16.6. The van der Waals surface area contributed by atoms with Crippen LogP contribution >= 0.6 is 0 Å². The largest absolute Gasteiger partial charge is 0.456 e. The monoisotopic (exact) mass is 444 g/mol. The number of fused-ring (bicyclic) bond motifs is 3. The number of hydrogen-bond donors (Lipinski definition) is 2. The molecule has 6 rings (SSSR count). The van der Waals surface area contributed by atoms with Gasteiger partial charge < -0.3 is 14.7 Å². The van der Waals surface area contributed by atoms with Gasteiger partial charge in [0.15, 0.2) is 0 Å². The van der Waals surface area contributed by atoms with E-state index in [1.54, 1.807) is 0 Å². The molecule has 34 heavy (non-hydrogen) atoms. The van der Waals surface area contributed by atoms with E-state index >= 15 is 0 Å². The van der Waals surface area contributed by atoms with Gasteiger partial charge in [-0.2, -0.15) is 0 Å². The summed E-state index contributed by atoms with van der Waals surface area (Å²) in [5.74, 6) is 0.176. The summed E-state index contributed by atoms with van der Waals surface area (Å²) in [4.78, 5) is 3.52. The molecule has 3 heterocycles. The number of aromatic amines is 1. The van der Waals surface area contributed by atoms with E-state index in [4.69, 9.17) is 4.42 Å². The first-order valence-corrected chi connectivity index (χ1v) is 11.9. The van der Waals surface area contributed by atoms with E-state index in [1.807, 2.05) is 6.07 Å². The minimum Gasteiger partial charge on any atom is -0.456 e. The minimum atomic E-state index is 0.0466. The topological polar surface area (TPSA) is 41.0 Å². The molecule has 2 aromatic heterocycles. The van der Waals surface area contributed by atoms with Gasteiger partial charge in [-0.15, -0.1) is 0 Å². The van der Waals surface area contributed by atoms with Gasteiger partial charge in [0.25, 0.3) is 0 Å². The highest BCUT2D eigenvalue weighted by Crippen LogP contribution is 2.42. The van der Waals surface area contributed by atoms with E-state index < -0.39 is 0 Å². The highest BCUT2D eigenvalue weighted by molar-refractivity contribution is 6.06. The predicted octanol–water partition coefficient (Wildman–Crippen LogP) is 8.15. The van der Waals surface area contributed by atoms with Crippen molar-refractivity contribution in [1.82, 2.24) is 10.3 Å². The molecule has 0 saturated heterocycles. The van der Waals surface area contributed by atoms with Crippen LogP contribution in [0.3, 0.4) is 0 Å². The number of nitrogens with one attached hydrogen (secondary N) is 2. The van der Waals surface area contributed by atoms with Crippen LogP contribution in [0.25, 0.3) is 33.2 Å². The molecule has 0 spiro atoms. The molecule has 2 N–H and O–H groups in total. The molecule has 0 fully saturated rings. The van der Waals surface area contributed by atoms with Gasteiger partial charge in [-0.05, 0) is 48.7 Å². The highest BCUT2D eigenvalue weighted by atomic mass is 16.3. The van der Waals surface area contributed by atoms with Crippen molar-refractivity contribution in [1.29, 1.82) is 0 Å². The van der Waals surface area contributed by atoms with Crippen LogP contribution in [-0.4, -0.2) is 4.98 Å². The standard InChI is InChI=1S/C31H28N2O/c1-19-12-16-28(32-18-19)30-23(14-15-26-25-10-6-7-11-29(25)34-31(26)30)21(3)22-8-4-5-9-24(22)27-17-13-20(2)33-27/h4-18,21,28,32-33H,1-3H3/t21-,28?/m1/s1. The van der Waals surface area contributed by atoms with Gasteiger partial charge in [0, 0.05) is 45.4 Å². The molecule has 0 bridgehead atoms. The van der Waals surface area contributed by atoms with E-state index in [1.165, 1.54) is 33.5 Å². The maximum atomic E-state index is 6.51. The molecule has 1 aliphatic rings. The Morgan fingerprint density at radius 1 is 0.824 bits per heavy atom. The SMILES string of the molecule is CC1=CNC(c2c([C@H](C)c3ccccc3-c3ccc(C)[nH]3)ccc3c2oc2ccccc23)C=C1. The Morgan fingerprint density at radius 3 is 2.44 bits per heavy atom. The summed E-state index contributed by atoms with van der Waals surface area (Å²) < 4.78 is 6.51. The van der Waals surface area contributed by atoms with Crippen LogP contribution in [0.5, 0.6) is 0 Å². The summed E-state index contributed by atoms with van der Waals surface area (Å²) in [7, 11) is 0. The lowest BCUT2D eigenvalue weighted by Gasteiger charge is -2.25. The molecule has 2 atom stereocenters. The van der Waals surface area contributed by atoms with Gasteiger partial charge >= 0.3 is 0 Å². The Hall–Kier alpha value is -3.98. The van der Waals surface area contributed by atoms with Crippen molar-refractivity contribution in [3.63, 3.8) is 0 Å². The Bertz CT molecular complexity index is 1580. The number of aromatic nitrogens is 1. The van der Waals surface area contributed by atoms with Crippen molar-refractivity contribution in [2.45, 2.75) is 32.7 Å². The van der Waals surface area contributed by atoms with E-state index in [0.717, 1.165) is 27.6 Å². The second-order valence-electron chi connectivity index (χ2n) is 9.30. The van der Waals surface area contributed by atoms with Gasteiger partial charge in [0.1, 0.15) is 11.2 Å². The maximum Gasteiger partial charge on any atom is 0.141 e. The fourth-order valence-electron chi connectivity index (χ4n) is 5.22. The number of benzene rings is 3. The van der Waals surface area contributed by atoms with Crippen molar-refractivity contribution < 1.29 is 4.42 Å². The quantitative estimate of drug-likeness (QED) is 0.294. The lowest BCUT2D eigenvalue weighted by molar-refractivity contribution is 0.642. The molecule has 1 unspecified atom stereocenters. The van der Waals surface area contributed by atoms with Crippen LogP contribution in [0.1, 0.15) is 48.2 Å². The van der Waals surface area contributed by atoms with Crippen LogP contribution in [-0.2, 0) is 0 Å². The summed E-state index contributed by atoms with van der Waals surface area (Å²) in [6.45, 7) is 6.51. The molecule has 5 aromatic rings. The number of aryl methyl sites for hydroxylation is 1. The third-order valence-corrected chi connectivity index (χ3v) is 6.99. The molecule has 1 aliphatic heterocycles. The molecule has 0 aliphatic carbocycles. The van der Waals surface area contributed by atoms with Gasteiger partial charge in [0.05, 0.1) is 6.04 Å². The van der Waals surface area contributed by atoms with Gasteiger partial charge in [-0.1, -0.05) is 73.7 Å². The zero-order valence-electron chi connectivity index (χ0n) is 19.7. The van der Waals surface area contributed by atoms with E-state index in [9.17, 15) is 0 Å². The minimum absolute atomic E-state index is 0.0466.